The van der Waals surface area contributed by atoms with Gasteiger partial charge in [-0.05, 0) is 60.6 Å². The Labute approximate surface area is 157 Å². The van der Waals surface area contributed by atoms with Crippen molar-refractivity contribution in [2.24, 2.45) is 5.92 Å². The molecule has 0 aromatic heterocycles. The van der Waals surface area contributed by atoms with Crippen molar-refractivity contribution in [2.75, 3.05) is 0 Å². The monoisotopic (exact) mass is 374 g/mol. The highest BCUT2D eigenvalue weighted by Gasteiger charge is 2.24. The Morgan fingerprint density at radius 3 is 2.52 bits per heavy atom. The zero-order valence-corrected chi connectivity index (χ0v) is 15.3. The predicted octanol–water partition coefficient (Wildman–Crippen LogP) is 6.33. The molecule has 0 spiro atoms. The van der Waals surface area contributed by atoms with Gasteiger partial charge in [0.15, 0.2) is 11.6 Å². The van der Waals surface area contributed by atoms with E-state index in [9.17, 15) is 17.6 Å². The number of hydrogen-bond donors (Lipinski definition) is 0. The van der Waals surface area contributed by atoms with E-state index >= 15 is 0 Å². The summed E-state index contributed by atoms with van der Waals surface area (Å²) in [5.74, 6) is 2.11. The lowest BCUT2D eigenvalue weighted by molar-refractivity contribution is 0.399. The van der Waals surface area contributed by atoms with E-state index in [0.29, 0.717) is 24.3 Å². The Morgan fingerprint density at radius 1 is 0.963 bits per heavy atom. The molecule has 0 aliphatic heterocycles. The van der Waals surface area contributed by atoms with Crippen molar-refractivity contribution in [1.29, 1.82) is 0 Å². The number of hydrogen-bond acceptors (Lipinski definition) is 0. The third-order valence-corrected chi connectivity index (χ3v) is 5.19. The molecule has 0 fully saturated rings. The molecular formula is C23H22F4. The van der Waals surface area contributed by atoms with Crippen LogP contribution in [0, 0.1) is 41.0 Å². The average molecular weight is 374 g/mol. The summed E-state index contributed by atoms with van der Waals surface area (Å²) in [5, 5.41) is 0. The smallest absolute Gasteiger partial charge is 0.160 e. The summed E-state index contributed by atoms with van der Waals surface area (Å²) in [6, 6.07) is 4.52. The van der Waals surface area contributed by atoms with E-state index in [1.807, 2.05) is 0 Å². The molecule has 2 aromatic rings. The number of halogens is 4. The minimum absolute atomic E-state index is 0.168. The molecule has 0 amide bonds. The van der Waals surface area contributed by atoms with Gasteiger partial charge in [-0.3, -0.25) is 0 Å². The summed E-state index contributed by atoms with van der Waals surface area (Å²) < 4.78 is 55.5. The van der Waals surface area contributed by atoms with Gasteiger partial charge in [-0.2, -0.15) is 0 Å². The molecule has 0 saturated heterocycles. The van der Waals surface area contributed by atoms with Gasteiger partial charge in [0.2, 0.25) is 0 Å². The average Bonchev–Trinajstić information content (AvgIpc) is 2.64. The van der Waals surface area contributed by atoms with Gasteiger partial charge in [-0.25, -0.2) is 17.6 Å². The van der Waals surface area contributed by atoms with E-state index in [2.05, 4.69) is 18.8 Å². The van der Waals surface area contributed by atoms with Crippen LogP contribution in [0.3, 0.4) is 0 Å². The third-order valence-electron chi connectivity index (χ3n) is 5.19. The molecule has 3 rings (SSSR count). The van der Waals surface area contributed by atoms with Gasteiger partial charge in [-0.1, -0.05) is 44.4 Å². The van der Waals surface area contributed by atoms with Gasteiger partial charge in [0, 0.05) is 5.56 Å². The van der Waals surface area contributed by atoms with Crippen LogP contribution in [0.15, 0.2) is 24.3 Å². The second-order valence-corrected chi connectivity index (χ2v) is 7.17. The Bertz CT molecular complexity index is 889. The van der Waals surface area contributed by atoms with Gasteiger partial charge < -0.3 is 0 Å². The number of benzene rings is 2. The van der Waals surface area contributed by atoms with Crippen molar-refractivity contribution < 1.29 is 17.6 Å². The van der Waals surface area contributed by atoms with Crippen molar-refractivity contribution in [1.82, 2.24) is 0 Å². The normalized spacial score (nSPS) is 15.8. The molecule has 2 aromatic carbocycles. The molecule has 142 valence electrons. The van der Waals surface area contributed by atoms with Gasteiger partial charge in [0.25, 0.3) is 0 Å². The van der Waals surface area contributed by atoms with Crippen molar-refractivity contribution in [3.05, 3.63) is 69.8 Å². The van der Waals surface area contributed by atoms with Crippen molar-refractivity contribution in [2.45, 2.75) is 51.9 Å². The van der Waals surface area contributed by atoms with Crippen LogP contribution >= 0.6 is 0 Å². The standard InChI is InChI=1S/C23H22F4/c1-2-3-4-5-15-6-9-18-17(12-15)14-21(25)19(23(18)27)10-7-16-8-11-20(24)22(26)13-16/h8,11,13-15H,2-6,9,12H2,1H3. The Morgan fingerprint density at radius 2 is 1.78 bits per heavy atom. The molecule has 0 bridgehead atoms. The molecule has 1 aliphatic rings. The highest BCUT2D eigenvalue weighted by Crippen LogP contribution is 2.32. The van der Waals surface area contributed by atoms with E-state index in [1.54, 1.807) is 0 Å². The van der Waals surface area contributed by atoms with E-state index in [4.69, 9.17) is 0 Å². The molecule has 27 heavy (non-hydrogen) atoms. The lowest BCUT2D eigenvalue weighted by atomic mass is 9.80. The first-order valence-corrected chi connectivity index (χ1v) is 9.46. The lowest BCUT2D eigenvalue weighted by Crippen LogP contribution is -2.17. The van der Waals surface area contributed by atoms with Crippen molar-refractivity contribution >= 4 is 0 Å². The van der Waals surface area contributed by atoms with E-state index in [0.717, 1.165) is 43.4 Å². The molecule has 0 nitrogen and oxygen atoms in total. The van der Waals surface area contributed by atoms with Gasteiger partial charge >= 0.3 is 0 Å². The Hall–Kier alpha value is -2.28. The highest BCUT2D eigenvalue weighted by atomic mass is 19.2. The summed E-state index contributed by atoms with van der Waals surface area (Å²) in [6.45, 7) is 2.16. The van der Waals surface area contributed by atoms with E-state index < -0.39 is 23.3 Å². The second-order valence-electron chi connectivity index (χ2n) is 7.17. The summed E-state index contributed by atoms with van der Waals surface area (Å²) >= 11 is 0. The van der Waals surface area contributed by atoms with Crippen LogP contribution in [0.1, 0.15) is 61.3 Å². The summed E-state index contributed by atoms with van der Waals surface area (Å²) in [5.41, 5.74) is 1.14. The first kappa shape index (κ1) is 19.5. The van der Waals surface area contributed by atoms with Crippen LogP contribution < -0.4 is 0 Å². The summed E-state index contributed by atoms with van der Waals surface area (Å²) in [6.07, 6.45) is 6.77. The molecule has 4 heteroatoms. The fourth-order valence-corrected chi connectivity index (χ4v) is 3.68. The number of unbranched alkanes of at least 4 members (excludes halogenated alkanes) is 2. The molecular weight excluding hydrogens is 352 g/mol. The van der Waals surface area contributed by atoms with Crippen LogP contribution in [0.25, 0.3) is 0 Å². The third kappa shape index (κ3) is 4.53. The fourth-order valence-electron chi connectivity index (χ4n) is 3.68. The van der Waals surface area contributed by atoms with Crippen LogP contribution in [0.5, 0.6) is 0 Å². The fraction of sp³-hybridized carbons (Fsp3) is 0.391. The summed E-state index contributed by atoms with van der Waals surface area (Å²) in [7, 11) is 0. The van der Waals surface area contributed by atoms with Crippen LogP contribution in [-0.4, -0.2) is 0 Å². The quantitative estimate of drug-likeness (QED) is 0.333. The molecule has 0 heterocycles. The maximum atomic E-state index is 14.8. The van der Waals surface area contributed by atoms with Gasteiger partial charge in [-0.15, -0.1) is 0 Å². The largest absolute Gasteiger partial charge is 0.206 e. The maximum absolute atomic E-state index is 14.8. The Kier molecular flexibility index (Phi) is 6.21. The lowest BCUT2D eigenvalue weighted by Gasteiger charge is -2.25. The molecule has 0 saturated carbocycles. The summed E-state index contributed by atoms with van der Waals surface area (Å²) in [4.78, 5) is 0. The SMILES string of the molecule is CCCCCC1CCc2c(cc(F)c(C#Cc3ccc(F)c(F)c3)c2F)C1. The minimum Gasteiger partial charge on any atom is -0.206 e. The second kappa shape index (κ2) is 8.61. The number of fused-ring (bicyclic) bond motifs is 1. The van der Waals surface area contributed by atoms with Crippen LogP contribution in [0.2, 0.25) is 0 Å². The van der Waals surface area contributed by atoms with Crippen molar-refractivity contribution in [3.8, 4) is 11.8 Å². The molecule has 1 unspecified atom stereocenters. The minimum atomic E-state index is -1.04. The van der Waals surface area contributed by atoms with Crippen molar-refractivity contribution in [3.63, 3.8) is 0 Å². The van der Waals surface area contributed by atoms with Gasteiger partial charge in [0.05, 0.1) is 5.56 Å². The van der Waals surface area contributed by atoms with E-state index in [-0.39, 0.29) is 11.1 Å². The Balaban J connectivity index is 1.83. The highest BCUT2D eigenvalue weighted by molar-refractivity contribution is 5.48. The van der Waals surface area contributed by atoms with Gasteiger partial charge in [0.1, 0.15) is 11.6 Å². The van der Waals surface area contributed by atoms with Crippen LogP contribution in [-0.2, 0) is 12.8 Å². The predicted molar refractivity (Wildman–Crippen MR) is 98.4 cm³/mol. The molecule has 1 aliphatic carbocycles. The topological polar surface area (TPSA) is 0 Å². The number of rotatable bonds is 4. The zero-order chi connectivity index (χ0) is 19.4. The first-order chi connectivity index (χ1) is 13.0. The van der Waals surface area contributed by atoms with E-state index in [1.165, 1.54) is 18.6 Å². The molecule has 1 atom stereocenters. The molecule has 0 radical (unpaired) electrons. The zero-order valence-electron chi connectivity index (χ0n) is 15.3. The van der Waals surface area contributed by atoms with Crippen LogP contribution in [0.4, 0.5) is 17.6 Å². The first-order valence-electron chi connectivity index (χ1n) is 9.46. The molecule has 0 N–H and O–H groups in total. The maximum Gasteiger partial charge on any atom is 0.160 e.